The maximum atomic E-state index is 13.6. The first-order valence-corrected chi connectivity index (χ1v) is 9.54. The van der Waals surface area contributed by atoms with E-state index in [2.05, 4.69) is 10.3 Å². The number of thiazole rings is 1. The molecule has 0 radical (unpaired) electrons. The number of nitrogens with one attached hydrogen (secondary N) is 1. The predicted molar refractivity (Wildman–Crippen MR) is 105 cm³/mol. The fourth-order valence-corrected chi connectivity index (χ4v) is 4.56. The van der Waals surface area contributed by atoms with Crippen LogP contribution in [-0.2, 0) is 11.5 Å². The van der Waals surface area contributed by atoms with E-state index in [-0.39, 0.29) is 24.0 Å². The van der Waals surface area contributed by atoms with Crippen molar-refractivity contribution in [3.63, 3.8) is 0 Å². The molecule has 0 atom stereocenters. The molecule has 0 bridgehead atoms. The van der Waals surface area contributed by atoms with Crippen LogP contribution in [-0.4, -0.2) is 17.1 Å². The fraction of sp³-hybridized carbons (Fsp3) is 0.150. The molecular formula is C20H15FN4O2S. The minimum Gasteiger partial charge on any atom is -0.333 e. The number of halogens is 1. The zero-order chi connectivity index (χ0) is 19.4. The normalized spacial score (nSPS) is 17.1. The number of nitrogens with zero attached hydrogens (tertiary/aromatic N) is 3. The molecule has 28 heavy (non-hydrogen) atoms. The molecular weight excluding hydrogens is 379 g/mol. The zero-order valence-corrected chi connectivity index (χ0v) is 15.7. The van der Waals surface area contributed by atoms with Crippen LogP contribution in [0.1, 0.15) is 11.1 Å². The van der Waals surface area contributed by atoms with E-state index >= 15 is 0 Å². The molecule has 5 rings (SSSR count). The van der Waals surface area contributed by atoms with Gasteiger partial charge in [0.15, 0.2) is 4.80 Å². The van der Waals surface area contributed by atoms with Crippen molar-refractivity contribution in [1.29, 1.82) is 0 Å². The standard InChI is InChI=1S/C20H15FN4O2S/c1-11-5-6-15-14(7-11)16(18(26)23-15)17-19(27)25-10-24(9-22-20(25)28-17)13-4-2-3-12(21)8-13/h2-8H,9-10H2,1H3,(H,23,26)/b17-16+. The van der Waals surface area contributed by atoms with Gasteiger partial charge in [-0.3, -0.25) is 14.2 Å². The van der Waals surface area contributed by atoms with Gasteiger partial charge in [-0.15, -0.1) is 0 Å². The SMILES string of the molecule is Cc1ccc2c(c1)/C(=c1\sc3n(c1=O)CN(c1cccc(F)c1)CN=3)C(=O)N2. The van der Waals surface area contributed by atoms with E-state index < -0.39 is 0 Å². The molecule has 1 aromatic heterocycles. The Hall–Kier alpha value is -3.26. The molecule has 0 spiro atoms. The van der Waals surface area contributed by atoms with E-state index in [1.165, 1.54) is 28.0 Å². The maximum Gasteiger partial charge on any atom is 0.272 e. The number of benzene rings is 2. The second-order valence-corrected chi connectivity index (χ2v) is 7.76. The summed E-state index contributed by atoms with van der Waals surface area (Å²) in [5.74, 6) is -0.620. The van der Waals surface area contributed by atoms with Crippen LogP contribution < -0.4 is 25.1 Å². The van der Waals surface area contributed by atoms with Gasteiger partial charge in [-0.25, -0.2) is 9.38 Å². The molecule has 2 aliphatic rings. The fourth-order valence-electron chi connectivity index (χ4n) is 3.50. The molecule has 0 unspecified atom stereocenters. The van der Waals surface area contributed by atoms with Gasteiger partial charge in [-0.2, -0.15) is 0 Å². The van der Waals surface area contributed by atoms with Gasteiger partial charge in [-0.1, -0.05) is 29.0 Å². The third kappa shape index (κ3) is 2.56. The predicted octanol–water partition coefficient (Wildman–Crippen LogP) is 1.56. The topological polar surface area (TPSA) is 66.7 Å². The minimum atomic E-state index is -0.341. The number of rotatable bonds is 1. The Morgan fingerprint density at radius 3 is 2.86 bits per heavy atom. The first-order valence-electron chi connectivity index (χ1n) is 8.72. The Bertz CT molecular complexity index is 1320. The van der Waals surface area contributed by atoms with E-state index in [9.17, 15) is 14.0 Å². The van der Waals surface area contributed by atoms with Crippen LogP contribution in [0.5, 0.6) is 0 Å². The quantitative estimate of drug-likeness (QED) is 0.681. The number of fused-ring (bicyclic) bond motifs is 2. The molecule has 3 heterocycles. The van der Waals surface area contributed by atoms with Gasteiger partial charge in [0, 0.05) is 16.9 Å². The third-order valence-electron chi connectivity index (χ3n) is 4.87. The highest BCUT2D eigenvalue weighted by molar-refractivity contribution is 7.07. The highest BCUT2D eigenvalue weighted by Gasteiger charge is 2.28. The first kappa shape index (κ1) is 16.9. The van der Waals surface area contributed by atoms with Gasteiger partial charge in [0.1, 0.15) is 23.7 Å². The van der Waals surface area contributed by atoms with Crippen LogP contribution in [0.25, 0.3) is 5.57 Å². The van der Waals surface area contributed by atoms with Gasteiger partial charge in [0.25, 0.3) is 11.5 Å². The smallest absolute Gasteiger partial charge is 0.272 e. The number of anilines is 2. The summed E-state index contributed by atoms with van der Waals surface area (Å²) in [5.41, 5.74) is 3.24. The number of carbonyl (C=O) groups is 1. The summed E-state index contributed by atoms with van der Waals surface area (Å²) in [6, 6.07) is 11.9. The van der Waals surface area contributed by atoms with Crippen molar-refractivity contribution in [2.45, 2.75) is 13.6 Å². The van der Waals surface area contributed by atoms with Gasteiger partial charge >= 0.3 is 0 Å². The van der Waals surface area contributed by atoms with Crippen LogP contribution in [0.3, 0.4) is 0 Å². The third-order valence-corrected chi connectivity index (χ3v) is 5.99. The van der Waals surface area contributed by atoms with E-state index in [1.54, 1.807) is 12.1 Å². The van der Waals surface area contributed by atoms with Gasteiger partial charge in [-0.05, 0) is 37.3 Å². The van der Waals surface area contributed by atoms with Crippen molar-refractivity contribution >= 4 is 34.2 Å². The van der Waals surface area contributed by atoms with Crippen LogP contribution in [0.2, 0.25) is 0 Å². The highest BCUT2D eigenvalue weighted by Crippen LogP contribution is 2.30. The lowest BCUT2D eigenvalue weighted by molar-refractivity contribution is -0.110. The zero-order valence-electron chi connectivity index (χ0n) is 14.9. The minimum absolute atomic E-state index is 0.257. The Kier molecular flexibility index (Phi) is 3.70. The van der Waals surface area contributed by atoms with Crippen LogP contribution in [0.15, 0.2) is 52.3 Å². The Morgan fingerprint density at radius 2 is 2.04 bits per heavy atom. The number of aromatic nitrogens is 1. The molecule has 6 nitrogen and oxygen atoms in total. The van der Waals surface area contributed by atoms with Gasteiger partial charge in [0.2, 0.25) is 0 Å². The number of amides is 1. The summed E-state index contributed by atoms with van der Waals surface area (Å²) in [6.07, 6.45) is 0. The molecule has 1 N–H and O–H groups in total. The van der Waals surface area contributed by atoms with Crippen molar-refractivity contribution in [3.8, 4) is 0 Å². The van der Waals surface area contributed by atoms with Crippen molar-refractivity contribution in [2.24, 2.45) is 4.99 Å². The molecule has 0 saturated heterocycles. The number of carbonyl (C=O) groups excluding carboxylic acids is 1. The second kappa shape index (κ2) is 6.13. The molecule has 140 valence electrons. The lowest BCUT2D eigenvalue weighted by Gasteiger charge is -2.25. The number of hydrogen-bond donors (Lipinski definition) is 1. The van der Waals surface area contributed by atoms with Crippen molar-refractivity contribution in [2.75, 3.05) is 16.9 Å². The van der Waals surface area contributed by atoms with E-state index in [1.807, 2.05) is 30.0 Å². The van der Waals surface area contributed by atoms with Crippen LogP contribution in [0.4, 0.5) is 15.8 Å². The van der Waals surface area contributed by atoms with E-state index in [0.717, 1.165) is 11.1 Å². The maximum absolute atomic E-state index is 13.6. The molecule has 0 fully saturated rings. The van der Waals surface area contributed by atoms with Crippen molar-refractivity contribution < 1.29 is 9.18 Å². The summed E-state index contributed by atoms with van der Waals surface area (Å²) >= 11 is 1.22. The molecule has 2 aliphatic heterocycles. The Balaban J connectivity index is 1.66. The van der Waals surface area contributed by atoms with Crippen LogP contribution in [0, 0.1) is 12.7 Å². The summed E-state index contributed by atoms with van der Waals surface area (Å²) in [4.78, 5) is 32.5. The van der Waals surface area contributed by atoms with Gasteiger partial charge in [0.05, 0.1) is 5.57 Å². The molecule has 0 saturated carbocycles. The molecule has 3 aromatic rings. The number of aryl methyl sites for hydroxylation is 1. The summed E-state index contributed by atoms with van der Waals surface area (Å²) < 4.78 is 15.5. The largest absolute Gasteiger partial charge is 0.333 e. The van der Waals surface area contributed by atoms with E-state index in [4.69, 9.17) is 0 Å². The van der Waals surface area contributed by atoms with Crippen LogP contribution >= 0.6 is 11.3 Å². The van der Waals surface area contributed by atoms with Crippen molar-refractivity contribution in [1.82, 2.24) is 4.57 Å². The monoisotopic (exact) mass is 394 g/mol. The first-order chi connectivity index (χ1) is 13.5. The highest BCUT2D eigenvalue weighted by atomic mass is 32.1. The Morgan fingerprint density at radius 1 is 1.18 bits per heavy atom. The van der Waals surface area contributed by atoms with Gasteiger partial charge < -0.3 is 10.2 Å². The Labute approximate surface area is 162 Å². The summed E-state index contributed by atoms with van der Waals surface area (Å²) in [6.45, 7) is 2.52. The molecule has 1 amide bonds. The summed E-state index contributed by atoms with van der Waals surface area (Å²) in [5, 5.41) is 2.82. The molecule has 2 aromatic carbocycles. The average molecular weight is 394 g/mol. The van der Waals surface area contributed by atoms with Crippen molar-refractivity contribution in [3.05, 3.63) is 79.1 Å². The molecule has 0 aliphatic carbocycles. The molecule has 8 heteroatoms. The lowest BCUT2D eigenvalue weighted by Crippen LogP contribution is -2.43. The lowest BCUT2D eigenvalue weighted by atomic mass is 10.1. The second-order valence-electron chi connectivity index (χ2n) is 6.79. The summed E-state index contributed by atoms with van der Waals surface area (Å²) in [7, 11) is 0. The average Bonchev–Trinajstić information content (AvgIpc) is 3.17. The van der Waals surface area contributed by atoms with E-state index in [0.29, 0.717) is 33.0 Å². The number of hydrogen-bond acceptors (Lipinski definition) is 5.